The molecule has 0 aromatic carbocycles. The van der Waals surface area contributed by atoms with Gasteiger partial charge in [0, 0.05) is 6.61 Å². The fraction of sp³-hybridized carbons (Fsp3) is 0.667. The molecule has 0 radical (unpaired) electrons. The van der Waals surface area contributed by atoms with Gasteiger partial charge in [-0.2, -0.15) is 0 Å². The van der Waals surface area contributed by atoms with Crippen molar-refractivity contribution in [3.05, 3.63) is 10.7 Å². The van der Waals surface area contributed by atoms with Crippen molar-refractivity contribution < 1.29 is 18.5 Å². The molecule has 2 atom stereocenters. The highest BCUT2D eigenvalue weighted by atomic mass is 32.2. The molecular formula is C9H14O4S. The quantitative estimate of drug-likeness (QED) is 0.707. The van der Waals surface area contributed by atoms with E-state index in [1.165, 1.54) is 6.92 Å². The second-order valence-electron chi connectivity index (χ2n) is 2.96. The molecule has 0 saturated heterocycles. The van der Waals surface area contributed by atoms with Crippen LogP contribution < -0.4 is 0 Å². The summed E-state index contributed by atoms with van der Waals surface area (Å²) < 4.78 is 22.1. The van der Waals surface area contributed by atoms with Gasteiger partial charge in [-0.15, -0.1) is 0 Å². The Morgan fingerprint density at radius 2 is 2.36 bits per heavy atom. The third kappa shape index (κ3) is 2.42. The van der Waals surface area contributed by atoms with Gasteiger partial charge in [0.1, 0.15) is 10.7 Å². The zero-order valence-electron chi connectivity index (χ0n) is 8.53. The molecule has 80 valence electrons. The summed E-state index contributed by atoms with van der Waals surface area (Å²) in [7, 11) is -1.29. The monoisotopic (exact) mass is 218 g/mol. The first kappa shape index (κ1) is 11.4. The SMILES string of the molecule is CCO[C@H]1C[S@@](=O)C(C(C)=O)=C(C)O1. The molecule has 1 rings (SSSR count). The Labute approximate surface area is 85.7 Å². The summed E-state index contributed by atoms with van der Waals surface area (Å²) in [4.78, 5) is 11.4. The number of carbonyl (C=O) groups excluding carboxylic acids is 1. The standard InChI is InChI=1S/C9H14O4S/c1-4-12-8-5-14(11)9(6(2)10)7(3)13-8/h8H,4-5H2,1-3H3/t8-,14-/m1/s1. The molecule has 0 fully saturated rings. The summed E-state index contributed by atoms with van der Waals surface area (Å²) in [5.41, 5.74) is 0. The molecule has 0 N–H and O–H groups in total. The van der Waals surface area contributed by atoms with Crippen LogP contribution >= 0.6 is 0 Å². The van der Waals surface area contributed by atoms with Gasteiger partial charge < -0.3 is 9.47 Å². The molecule has 1 aliphatic rings. The van der Waals surface area contributed by atoms with Crippen molar-refractivity contribution >= 4 is 16.6 Å². The number of allylic oxidation sites excluding steroid dienone is 2. The topological polar surface area (TPSA) is 52.6 Å². The van der Waals surface area contributed by atoms with Crippen LogP contribution in [0.25, 0.3) is 0 Å². The normalized spacial score (nSPS) is 27.4. The summed E-state index contributed by atoms with van der Waals surface area (Å²) >= 11 is 0. The van der Waals surface area contributed by atoms with E-state index in [2.05, 4.69) is 0 Å². The fourth-order valence-electron chi connectivity index (χ4n) is 1.33. The zero-order valence-corrected chi connectivity index (χ0v) is 9.35. The molecule has 1 heterocycles. The second kappa shape index (κ2) is 4.70. The van der Waals surface area contributed by atoms with E-state index in [0.29, 0.717) is 12.4 Å². The lowest BCUT2D eigenvalue weighted by atomic mass is 10.3. The van der Waals surface area contributed by atoms with Gasteiger partial charge in [0.2, 0.25) is 6.29 Å². The summed E-state index contributed by atoms with van der Waals surface area (Å²) in [6.07, 6.45) is -0.482. The number of hydrogen-bond acceptors (Lipinski definition) is 4. The Hall–Kier alpha value is -0.680. The molecule has 4 nitrogen and oxygen atoms in total. The maximum absolute atomic E-state index is 11.6. The van der Waals surface area contributed by atoms with Crippen LogP contribution in [0.4, 0.5) is 0 Å². The predicted molar refractivity (Wildman–Crippen MR) is 52.9 cm³/mol. The van der Waals surface area contributed by atoms with Crippen molar-refractivity contribution in [2.24, 2.45) is 0 Å². The zero-order chi connectivity index (χ0) is 10.7. The van der Waals surface area contributed by atoms with Gasteiger partial charge in [-0.25, -0.2) is 0 Å². The van der Waals surface area contributed by atoms with E-state index in [1.54, 1.807) is 6.92 Å². The molecule has 5 heteroatoms. The van der Waals surface area contributed by atoms with Crippen molar-refractivity contribution in [3.8, 4) is 0 Å². The number of hydrogen-bond donors (Lipinski definition) is 0. The largest absolute Gasteiger partial charge is 0.467 e. The van der Waals surface area contributed by atoms with E-state index in [1.807, 2.05) is 6.92 Å². The average Bonchev–Trinajstić information content (AvgIpc) is 2.01. The Morgan fingerprint density at radius 1 is 1.71 bits per heavy atom. The summed E-state index contributed by atoms with van der Waals surface area (Å²) in [6, 6.07) is 0. The lowest BCUT2D eigenvalue weighted by molar-refractivity contribution is -0.115. The minimum Gasteiger partial charge on any atom is -0.467 e. The van der Waals surface area contributed by atoms with E-state index in [9.17, 15) is 9.00 Å². The highest BCUT2D eigenvalue weighted by Gasteiger charge is 2.28. The van der Waals surface area contributed by atoms with Gasteiger partial charge in [-0.1, -0.05) is 0 Å². The molecule has 0 aromatic rings. The van der Waals surface area contributed by atoms with Crippen LogP contribution in [0.2, 0.25) is 0 Å². The minimum atomic E-state index is -1.29. The molecule has 0 unspecified atom stereocenters. The smallest absolute Gasteiger partial charge is 0.211 e. The first-order chi connectivity index (χ1) is 6.56. The summed E-state index contributed by atoms with van der Waals surface area (Å²) in [5.74, 6) is 0.455. The van der Waals surface area contributed by atoms with E-state index >= 15 is 0 Å². The van der Waals surface area contributed by atoms with Crippen molar-refractivity contribution in [1.29, 1.82) is 0 Å². The van der Waals surface area contributed by atoms with Crippen LogP contribution in [0.15, 0.2) is 10.7 Å². The molecule has 0 aromatic heterocycles. The van der Waals surface area contributed by atoms with E-state index in [-0.39, 0.29) is 16.4 Å². The molecule has 0 bridgehead atoms. The third-order valence-electron chi connectivity index (χ3n) is 1.82. The predicted octanol–water partition coefficient (Wildman–Crippen LogP) is 0.948. The van der Waals surface area contributed by atoms with Crippen molar-refractivity contribution in [2.75, 3.05) is 12.4 Å². The number of Topliss-reactive ketones (excluding diaryl/α,β-unsaturated/α-hetero) is 1. The lowest BCUT2D eigenvalue weighted by Crippen LogP contribution is -2.31. The highest BCUT2D eigenvalue weighted by Crippen LogP contribution is 2.21. The number of rotatable bonds is 3. The molecule has 0 saturated carbocycles. The Balaban J connectivity index is 2.83. The van der Waals surface area contributed by atoms with E-state index in [0.717, 1.165) is 0 Å². The first-order valence-electron chi connectivity index (χ1n) is 4.44. The molecule has 0 amide bonds. The third-order valence-corrected chi connectivity index (χ3v) is 3.42. The molecule has 0 aliphatic carbocycles. The molecular weight excluding hydrogens is 204 g/mol. The van der Waals surface area contributed by atoms with Gasteiger partial charge >= 0.3 is 0 Å². The molecule has 0 spiro atoms. The number of ether oxygens (including phenoxy) is 2. The second-order valence-corrected chi connectivity index (χ2v) is 4.39. The fourth-order valence-corrected chi connectivity index (χ4v) is 2.60. The van der Waals surface area contributed by atoms with Crippen molar-refractivity contribution in [1.82, 2.24) is 0 Å². The minimum absolute atomic E-state index is 0.198. The Morgan fingerprint density at radius 3 is 2.79 bits per heavy atom. The van der Waals surface area contributed by atoms with Gasteiger partial charge in [0.15, 0.2) is 5.78 Å². The van der Waals surface area contributed by atoms with Crippen LogP contribution in [0.1, 0.15) is 20.8 Å². The molecule has 1 aliphatic heterocycles. The van der Waals surface area contributed by atoms with Crippen LogP contribution in [-0.2, 0) is 25.1 Å². The summed E-state index contributed by atoms with van der Waals surface area (Å²) in [5, 5.41) is 0. The lowest BCUT2D eigenvalue weighted by Gasteiger charge is -2.24. The van der Waals surface area contributed by atoms with E-state index in [4.69, 9.17) is 9.47 Å². The van der Waals surface area contributed by atoms with Crippen LogP contribution in [-0.4, -0.2) is 28.6 Å². The Bertz CT molecular complexity index is 295. The molecule has 14 heavy (non-hydrogen) atoms. The Kier molecular flexibility index (Phi) is 3.83. The van der Waals surface area contributed by atoms with Gasteiger partial charge in [-0.3, -0.25) is 9.00 Å². The van der Waals surface area contributed by atoms with E-state index < -0.39 is 17.1 Å². The number of ketones is 1. The van der Waals surface area contributed by atoms with Crippen molar-refractivity contribution in [3.63, 3.8) is 0 Å². The highest BCUT2D eigenvalue weighted by molar-refractivity contribution is 7.90. The van der Waals surface area contributed by atoms with Gasteiger partial charge in [0.25, 0.3) is 0 Å². The van der Waals surface area contributed by atoms with Gasteiger partial charge in [0.05, 0.1) is 16.6 Å². The number of carbonyl (C=O) groups is 1. The van der Waals surface area contributed by atoms with Crippen molar-refractivity contribution in [2.45, 2.75) is 27.1 Å². The first-order valence-corrected chi connectivity index (χ1v) is 5.76. The van der Waals surface area contributed by atoms with Crippen LogP contribution in [0.5, 0.6) is 0 Å². The van der Waals surface area contributed by atoms with Gasteiger partial charge in [-0.05, 0) is 20.8 Å². The van der Waals surface area contributed by atoms with Crippen LogP contribution in [0, 0.1) is 0 Å². The average molecular weight is 218 g/mol. The maximum Gasteiger partial charge on any atom is 0.211 e. The maximum atomic E-state index is 11.6. The van der Waals surface area contributed by atoms with Crippen LogP contribution in [0.3, 0.4) is 0 Å². The summed E-state index contributed by atoms with van der Waals surface area (Å²) in [6.45, 7) is 5.37.